The van der Waals surface area contributed by atoms with E-state index >= 15 is 0 Å². The van der Waals surface area contributed by atoms with Crippen LogP contribution in [0.2, 0.25) is 0 Å². The lowest BCUT2D eigenvalue weighted by molar-refractivity contribution is -0.111. The standard InChI is InChI=1S/C13H10ClNO2/c1-9-7-12(11(14)8-13(9)16)15-17-10-5-3-2-4-6-10/h2-8H,1H3/b15-12-. The third-order valence-corrected chi connectivity index (χ3v) is 2.54. The molecule has 0 bridgehead atoms. The summed E-state index contributed by atoms with van der Waals surface area (Å²) in [6.07, 6.45) is 2.94. The smallest absolute Gasteiger partial charge is 0.183 e. The van der Waals surface area contributed by atoms with Gasteiger partial charge >= 0.3 is 0 Å². The second-order valence-electron chi connectivity index (χ2n) is 3.56. The number of hydrogen-bond acceptors (Lipinski definition) is 3. The minimum Gasteiger partial charge on any atom is -0.356 e. The molecule has 4 heteroatoms. The van der Waals surface area contributed by atoms with Crippen molar-refractivity contribution in [1.82, 2.24) is 0 Å². The van der Waals surface area contributed by atoms with Crippen LogP contribution in [0, 0.1) is 0 Å². The fraction of sp³-hybridized carbons (Fsp3) is 0.0769. The first-order valence-corrected chi connectivity index (χ1v) is 5.45. The highest BCUT2D eigenvalue weighted by atomic mass is 35.5. The van der Waals surface area contributed by atoms with Gasteiger partial charge in [-0.25, -0.2) is 0 Å². The maximum Gasteiger partial charge on any atom is 0.183 e. The van der Waals surface area contributed by atoms with Gasteiger partial charge < -0.3 is 4.84 Å². The van der Waals surface area contributed by atoms with Gasteiger partial charge in [0.05, 0.1) is 5.03 Å². The summed E-state index contributed by atoms with van der Waals surface area (Å²) >= 11 is 5.89. The summed E-state index contributed by atoms with van der Waals surface area (Å²) in [7, 11) is 0. The summed E-state index contributed by atoms with van der Waals surface area (Å²) in [6.45, 7) is 1.71. The summed E-state index contributed by atoms with van der Waals surface area (Å²) in [5.74, 6) is 0.515. The summed E-state index contributed by atoms with van der Waals surface area (Å²) in [4.78, 5) is 16.5. The monoisotopic (exact) mass is 247 g/mol. The lowest BCUT2D eigenvalue weighted by atomic mass is 10.1. The molecule has 0 aromatic heterocycles. The van der Waals surface area contributed by atoms with Crippen LogP contribution in [0.4, 0.5) is 0 Å². The van der Waals surface area contributed by atoms with Crippen LogP contribution >= 0.6 is 11.6 Å². The molecule has 0 radical (unpaired) electrons. The molecular formula is C13H10ClNO2. The maximum absolute atomic E-state index is 11.3. The summed E-state index contributed by atoms with van der Waals surface area (Å²) in [5.41, 5.74) is 1.04. The first-order chi connectivity index (χ1) is 8.16. The number of oxime groups is 1. The zero-order valence-electron chi connectivity index (χ0n) is 9.18. The Hall–Kier alpha value is -1.87. The number of benzene rings is 1. The molecule has 0 spiro atoms. The largest absolute Gasteiger partial charge is 0.356 e. The maximum atomic E-state index is 11.3. The van der Waals surface area contributed by atoms with Crippen molar-refractivity contribution in [3.05, 3.63) is 53.1 Å². The quantitative estimate of drug-likeness (QED) is 0.595. The van der Waals surface area contributed by atoms with Crippen LogP contribution in [-0.4, -0.2) is 11.5 Å². The van der Waals surface area contributed by atoms with Crippen molar-refractivity contribution in [2.45, 2.75) is 6.92 Å². The highest BCUT2D eigenvalue weighted by molar-refractivity contribution is 6.48. The molecule has 1 aliphatic rings. The molecule has 0 aliphatic heterocycles. The lowest BCUT2D eigenvalue weighted by Crippen LogP contribution is -2.09. The van der Waals surface area contributed by atoms with Gasteiger partial charge in [0.1, 0.15) is 5.71 Å². The van der Waals surface area contributed by atoms with Crippen molar-refractivity contribution in [2.75, 3.05) is 0 Å². The van der Waals surface area contributed by atoms with Gasteiger partial charge in [-0.2, -0.15) is 0 Å². The zero-order chi connectivity index (χ0) is 12.3. The molecule has 1 aromatic carbocycles. The van der Waals surface area contributed by atoms with Crippen LogP contribution in [0.3, 0.4) is 0 Å². The fourth-order valence-electron chi connectivity index (χ4n) is 1.30. The van der Waals surface area contributed by atoms with Crippen LogP contribution in [0.5, 0.6) is 5.75 Å². The minimum absolute atomic E-state index is 0.103. The first-order valence-electron chi connectivity index (χ1n) is 5.07. The summed E-state index contributed by atoms with van der Waals surface area (Å²) < 4.78 is 0. The molecule has 1 aliphatic carbocycles. The number of hydrogen-bond donors (Lipinski definition) is 0. The number of allylic oxidation sites excluding steroid dienone is 4. The van der Waals surface area contributed by atoms with Crippen LogP contribution < -0.4 is 4.84 Å². The molecule has 0 heterocycles. The number of nitrogens with zero attached hydrogens (tertiary/aromatic N) is 1. The third kappa shape index (κ3) is 2.82. The number of carbonyl (C=O) groups excluding carboxylic acids is 1. The zero-order valence-corrected chi connectivity index (χ0v) is 9.94. The van der Waals surface area contributed by atoms with E-state index in [0.29, 0.717) is 17.0 Å². The molecule has 0 saturated heterocycles. The van der Waals surface area contributed by atoms with E-state index in [4.69, 9.17) is 16.4 Å². The van der Waals surface area contributed by atoms with Gasteiger partial charge in [-0.3, -0.25) is 4.79 Å². The van der Waals surface area contributed by atoms with E-state index in [9.17, 15) is 4.79 Å². The summed E-state index contributed by atoms with van der Waals surface area (Å²) in [6, 6.07) is 9.14. The molecule has 0 amide bonds. The Morgan fingerprint density at radius 3 is 2.59 bits per heavy atom. The second kappa shape index (κ2) is 4.97. The molecule has 86 valence electrons. The predicted molar refractivity (Wildman–Crippen MR) is 67.2 cm³/mol. The van der Waals surface area contributed by atoms with Gasteiger partial charge in [-0.1, -0.05) is 35.0 Å². The molecule has 3 nitrogen and oxygen atoms in total. The Labute approximate surface area is 104 Å². The number of para-hydroxylation sites is 1. The molecule has 17 heavy (non-hydrogen) atoms. The van der Waals surface area contributed by atoms with E-state index in [2.05, 4.69) is 5.16 Å². The number of halogens is 1. The molecule has 0 unspecified atom stereocenters. The van der Waals surface area contributed by atoms with Gasteiger partial charge in [0.2, 0.25) is 0 Å². The Balaban J connectivity index is 2.18. The van der Waals surface area contributed by atoms with E-state index in [1.807, 2.05) is 18.2 Å². The van der Waals surface area contributed by atoms with Crippen molar-refractivity contribution < 1.29 is 9.63 Å². The first kappa shape index (κ1) is 11.6. The van der Waals surface area contributed by atoms with Crippen molar-refractivity contribution >= 4 is 23.1 Å². The highest BCUT2D eigenvalue weighted by Gasteiger charge is 2.14. The van der Waals surface area contributed by atoms with Gasteiger partial charge in [0.25, 0.3) is 0 Å². The van der Waals surface area contributed by atoms with E-state index in [1.165, 1.54) is 6.08 Å². The Bertz CT molecular complexity index is 530. The fourth-order valence-corrected chi connectivity index (χ4v) is 1.49. The summed E-state index contributed by atoms with van der Waals surface area (Å²) in [5, 5.41) is 4.20. The molecule has 0 atom stereocenters. The number of rotatable bonds is 2. The molecule has 0 N–H and O–H groups in total. The average molecular weight is 248 g/mol. The van der Waals surface area contributed by atoms with Gasteiger partial charge in [-0.05, 0) is 30.7 Å². The van der Waals surface area contributed by atoms with Crippen molar-refractivity contribution in [1.29, 1.82) is 0 Å². The highest BCUT2D eigenvalue weighted by Crippen LogP contribution is 2.17. The lowest BCUT2D eigenvalue weighted by Gasteiger charge is -2.07. The third-order valence-electron chi connectivity index (χ3n) is 2.24. The minimum atomic E-state index is -0.103. The Morgan fingerprint density at radius 1 is 1.18 bits per heavy atom. The number of ketones is 1. The normalized spacial score (nSPS) is 17.8. The van der Waals surface area contributed by atoms with Gasteiger partial charge in [0, 0.05) is 6.08 Å². The van der Waals surface area contributed by atoms with E-state index in [1.54, 1.807) is 25.1 Å². The van der Waals surface area contributed by atoms with Crippen LogP contribution in [-0.2, 0) is 4.79 Å². The van der Waals surface area contributed by atoms with Crippen LogP contribution in [0.1, 0.15) is 6.92 Å². The molecule has 0 saturated carbocycles. The molecule has 1 aromatic rings. The van der Waals surface area contributed by atoms with Crippen LogP contribution in [0.25, 0.3) is 0 Å². The SMILES string of the molecule is CC1=C/C(=N/Oc2ccccc2)C(Cl)=CC1=O. The predicted octanol–water partition coefficient (Wildman–Crippen LogP) is 3.07. The van der Waals surface area contributed by atoms with E-state index < -0.39 is 0 Å². The Morgan fingerprint density at radius 2 is 1.88 bits per heavy atom. The molecule has 0 fully saturated rings. The Kier molecular flexibility index (Phi) is 3.40. The second-order valence-corrected chi connectivity index (χ2v) is 3.97. The average Bonchev–Trinajstić information content (AvgIpc) is 2.33. The van der Waals surface area contributed by atoms with Gasteiger partial charge in [0.15, 0.2) is 11.5 Å². The number of carbonyl (C=O) groups is 1. The van der Waals surface area contributed by atoms with Gasteiger partial charge in [-0.15, -0.1) is 0 Å². The molecule has 2 rings (SSSR count). The van der Waals surface area contributed by atoms with E-state index in [-0.39, 0.29) is 10.8 Å². The topological polar surface area (TPSA) is 38.7 Å². The van der Waals surface area contributed by atoms with Crippen molar-refractivity contribution in [2.24, 2.45) is 5.16 Å². The molecular weight excluding hydrogens is 238 g/mol. The van der Waals surface area contributed by atoms with Crippen molar-refractivity contribution in [3.8, 4) is 5.75 Å². The van der Waals surface area contributed by atoms with E-state index in [0.717, 1.165) is 0 Å². The van der Waals surface area contributed by atoms with Crippen molar-refractivity contribution in [3.63, 3.8) is 0 Å². The van der Waals surface area contributed by atoms with Crippen LogP contribution in [0.15, 0.2) is 58.2 Å².